The molecule has 18 heavy (non-hydrogen) atoms. The lowest BCUT2D eigenvalue weighted by Crippen LogP contribution is -2.42. The van der Waals surface area contributed by atoms with E-state index in [4.69, 9.17) is 9.52 Å². The van der Waals surface area contributed by atoms with Gasteiger partial charge in [-0.15, -0.1) is 0 Å². The second-order valence-corrected chi connectivity index (χ2v) is 6.29. The van der Waals surface area contributed by atoms with E-state index >= 15 is 0 Å². The fourth-order valence-corrected chi connectivity index (χ4v) is 3.01. The molecule has 0 saturated carbocycles. The molecule has 0 spiro atoms. The highest BCUT2D eigenvalue weighted by atomic mass is 79.9. The van der Waals surface area contributed by atoms with E-state index in [1.807, 2.05) is 6.07 Å². The maximum atomic E-state index is 11.0. The summed E-state index contributed by atoms with van der Waals surface area (Å²) in [5.74, 6) is 0.00526. The van der Waals surface area contributed by atoms with Crippen LogP contribution in [0, 0.1) is 5.92 Å². The number of hydrogen-bond acceptors (Lipinski definition) is 3. The van der Waals surface area contributed by atoms with Gasteiger partial charge in [0.25, 0.3) is 0 Å². The second-order valence-electron chi connectivity index (χ2n) is 4.71. The van der Waals surface area contributed by atoms with E-state index < -0.39 is 5.97 Å². The Kier molecular flexibility index (Phi) is 4.50. The summed E-state index contributed by atoms with van der Waals surface area (Å²) < 4.78 is 7.16. The van der Waals surface area contributed by atoms with E-state index in [1.54, 1.807) is 0 Å². The predicted molar refractivity (Wildman–Crippen MR) is 74.3 cm³/mol. The molecule has 1 aliphatic rings. The van der Waals surface area contributed by atoms with Crippen molar-refractivity contribution < 1.29 is 14.3 Å². The first-order valence-corrected chi connectivity index (χ1v) is 7.46. The Balaban J connectivity index is 1.97. The van der Waals surface area contributed by atoms with E-state index in [1.165, 1.54) is 0 Å². The Morgan fingerprint density at radius 1 is 1.61 bits per heavy atom. The minimum absolute atomic E-state index is 0.202. The summed E-state index contributed by atoms with van der Waals surface area (Å²) in [4.78, 5) is 13.2. The fourth-order valence-electron chi connectivity index (χ4n) is 2.35. The number of piperidine rings is 1. The molecule has 0 radical (unpaired) electrons. The summed E-state index contributed by atoms with van der Waals surface area (Å²) in [6.07, 6.45) is 1.42. The molecule has 2 heterocycles. The van der Waals surface area contributed by atoms with Crippen LogP contribution in [-0.2, 0) is 11.3 Å². The van der Waals surface area contributed by atoms with Gasteiger partial charge in [-0.1, -0.05) is 0 Å². The van der Waals surface area contributed by atoms with Gasteiger partial charge >= 0.3 is 5.97 Å². The zero-order valence-corrected chi connectivity index (χ0v) is 13.2. The van der Waals surface area contributed by atoms with Gasteiger partial charge in [-0.05, 0) is 64.2 Å². The molecule has 1 aliphatic heterocycles. The fraction of sp³-hybridized carbons (Fsp3) is 0.583. The average Bonchev–Trinajstić information content (AvgIpc) is 2.61. The van der Waals surface area contributed by atoms with Crippen LogP contribution in [0.2, 0.25) is 0 Å². The number of furan rings is 1. The first kappa shape index (κ1) is 14.1. The van der Waals surface area contributed by atoms with Crippen molar-refractivity contribution in [3.8, 4) is 0 Å². The van der Waals surface area contributed by atoms with Crippen LogP contribution in [0.1, 0.15) is 25.5 Å². The SMILES string of the molecule is CC1CC(C(=O)O)CCN1Cc1cc(Br)c(Br)o1. The number of likely N-dealkylation sites (tertiary alicyclic amines) is 1. The molecule has 1 N–H and O–H groups in total. The average molecular weight is 381 g/mol. The molecule has 6 heteroatoms. The summed E-state index contributed by atoms with van der Waals surface area (Å²) in [6, 6.07) is 2.21. The zero-order chi connectivity index (χ0) is 13.3. The maximum Gasteiger partial charge on any atom is 0.306 e. The minimum Gasteiger partial charge on any atom is -0.481 e. The summed E-state index contributed by atoms with van der Waals surface area (Å²) in [5.41, 5.74) is 0. The lowest BCUT2D eigenvalue weighted by atomic mass is 9.92. The summed E-state index contributed by atoms with van der Waals surface area (Å²) in [6.45, 7) is 3.59. The number of halogens is 2. The molecule has 1 fully saturated rings. The van der Waals surface area contributed by atoms with E-state index in [0.29, 0.717) is 17.5 Å². The van der Waals surface area contributed by atoms with Crippen LogP contribution in [0.15, 0.2) is 19.6 Å². The third-order valence-electron chi connectivity index (χ3n) is 3.42. The van der Waals surface area contributed by atoms with Gasteiger partial charge in [0.1, 0.15) is 5.76 Å². The first-order chi connectivity index (χ1) is 8.47. The molecule has 1 aromatic heterocycles. The van der Waals surface area contributed by atoms with Crippen molar-refractivity contribution in [2.45, 2.75) is 32.4 Å². The number of hydrogen-bond donors (Lipinski definition) is 1. The number of carboxylic acid groups (broad SMARTS) is 1. The highest BCUT2D eigenvalue weighted by Crippen LogP contribution is 2.29. The number of carbonyl (C=O) groups is 1. The van der Waals surface area contributed by atoms with Crippen molar-refractivity contribution in [2.75, 3.05) is 6.54 Å². The number of nitrogens with zero attached hydrogens (tertiary/aromatic N) is 1. The van der Waals surface area contributed by atoms with E-state index in [0.717, 1.165) is 23.3 Å². The maximum absolute atomic E-state index is 11.0. The van der Waals surface area contributed by atoms with Gasteiger partial charge in [0.15, 0.2) is 4.67 Å². The molecule has 2 atom stereocenters. The second kappa shape index (κ2) is 5.75. The molecule has 1 aromatic rings. The van der Waals surface area contributed by atoms with E-state index in [2.05, 4.69) is 43.7 Å². The van der Waals surface area contributed by atoms with Crippen molar-refractivity contribution in [3.63, 3.8) is 0 Å². The van der Waals surface area contributed by atoms with E-state index in [9.17, 15) is 4.79 Å². The molecule has 0 amide bonds. The monoisotopic (exact) mass is 379 g/mol. The van der Waals surface area contributed by atoms with Gasteiger partial charge in [-0.3, -0.25) is 9.69 Å². The Bertz CT molecular complexity index is 427. The quantitative estimate of drug-likeness (QED) is 0.871. The molecule has 0 aliphatic carbocycles. The van der Waals surface area contributed by atoms with Crippen molar-refractivity contribution >= 4 is 37.8 Å². The van der Waals surface area contributed by atoms with Crippen LogP contribution in [0.5, 0.6) is 0 Å². The Labute approximate surface area is 123 Å². The van der Waals surface area contributed by atoms with Gasteiger partial charge in [-0.25, -0.2) is 0 Å². The highest BCUT2D eigenvalue weighted by Gasteiger charge is 2.30. The molecule has 2 rings (SSSR count). The largest absolute Gasteiger partial charge is 0.481 e. The number of rotatable bonds is 3. The Morgan fingerprint density at radius 3 is 2.83 bits per heavy atom. The zero-order valence-electron chi connectivity index (χ0n) is 10.0. The first-order valence-electron chi connectivity index (χ1n) is 5.88. The molecule has 0 bridgehead atoms. The van der Waals surface area contributed by atoms with Crippen molar-refractivity contribution in [1.82, 2.24) is 4.90 Å². The number of carboxylic acids is 1. The lowest BCUT2D eigenvalue weighted by Gasteiger charge is -2.35. The molecule has 1 saturated heterocycles. The van der Waals surface area contributed by atoms with Gasteiger partial charge in [0.2, 0.25) is 0 Å². The molecule has 4 nitrogen and oxygen atoms in total. The van der Waals surface area contributed by atoms with Crippen LogP contribution < -0.4 is 0 Å². The summed E-state index contributed by atoms with van der Waals surface area (Å²) in [5, 5.41) is 9.02. The third-order valence-corrected chi connectivity index (χ3v) is 5.13. The summed E-state index contributed by atoms with van der Waals surface area (Å²) >= 11 is 6.70. The van der Waals surface area contributed by atoms with Crippen LogP contribution in [0.4, 0.5) is 0 Å². The third kappa shape index (κ3) is 3.16. The highest BCUT2D eigenvalue weighted by molar-refractivity contribution is 9.13. The smallest absolute Gasteiger partial charge is 0.306 e. The topological polar surface area (TPSA) is 53.7 Å². The van der Waals surface area contributed by atoms with Crippen molar-refractivity contribution in [3.05, 3.63) is 21.0 Å². The summed E-state index contributed by atoms with van der Waals surface area (Å²) in [7, 11) is 0. The molecule has 100 valence electrons. The van der Waals surface area contributed by atoms with Crippen LogP contribution >= 0.6 is 31.9 Å². The van der Waals surface area contributed by atoms with Crippen LogP contribution in [0.3, 0.4) is 0 Å². The standard InChI is InChI=1S/C12H15Br2NO3/c1-7-4-8(12(16)17)2-3-15(7)6-9-5-10(13)11(14)18-9/h5,7-8H,2-4,6H2,1H3,(H,16,17). The molecule has 2 unspecified atom stereocenters. The van der Waals surface area contributed by atoms with Crippen LogP contribution in [0.25, 0.3) is 0 Å². The van der Waals surface area contributed by atoms with Crippen molar-refractivity contribution in [1.29, 1.82) is 0 Å². The van der Waals surface area contributed by atoms with Gasteiger partial charge in [0, 0.05) is 6.04 Å². The van der Waals surface area contributed by atoms with Gasteiger partial charge in [-0.2, -0.15) is 0 Å². The molecular weight excluding hydrogens is 366 g/mol. The number of aliphatic carboxylic acids is 1. The van der Waals surface area contributed by atoms with Gasteiger partial charge in [0.05, 0.1) is 16.9 Å². The van der Waals surface area contributed by atoms with Crippen LogP contribution in [-0.4, -0.2) is 28.6 Å². The van der Waals surface area contributed by atoms with Gasteiger partial charge < -0.3 is 9.52 Å². The Hall–Kier alpha value is -0.330. The molecular formula is C12H15Br2NO3. The Morgan fingerprint density at radius 2 is 2.33 bits per heavy atom. The normalized spacial score (nSPS) is 25.3. The van der Waals surface area contributed by atoms with Crippen molar-refractivity contribution in [2.24, 2.45) is 5.92 Å². The molecule has 0 aromatic carbocycles. The minimum atomic E-state index is -0.676. The lowest BCUT2D eigenvalue weighted by molar-refractivity contribution is -0.144. The van der Waals surface area contributed by atoms with E-state index in [-0.39, 0.29) is 12.0 Å². The predicted octanol–water partition coefficient (Wildman–Crippen LogP) is 3.49.